The number of fused-ring (bicyclic) bond motifs is 2. The van der Waals surface area contributed by atoms with Crippen LogP contribution in [0.5, 0.6) is 0 Å². The van der Waals surface area contributed by atoms with Crippen molar-refractivity contribution in [3.63, 3.8) is 0 Å². The highest BCUT2D eigenvalue weighted by atomic mass is 32.2. The predicted molar refractivity (Wildman–Crippen MR) is 111 cm³/mol. The molecule has 29 heavy (non-hydrogen) atoms. The summed E-state index contributed by atoms with van der Waals surface area (Å²) in [6.45, 7) is 2.56. The maximum Gasteiger partial charge on any atom is 0.286 e. The standard InChI is InChI=1S/C24H24N2O2S/c27-22-21(16-10-14-13-9-15-18(14)20(15)19(13)16)29-23(25-22)26-7-5-24(6-8-26)17-4-2-1-3-12(17)11-28-24/h1-4,13-15,18-20H,5-11H2/b21-16-. The number of carbonyl (C=O) groups excluding carboxylic acids is 1. The van der Waals surface area contributed by atoms with E-state index in [0.717, 1.165) is 78.1 Å². The summed E-state index contributed by atoms with van der Waals surface area (Å²) < 4.78 is 6.30. The van der Waals surface area contributed by atoms with Gasteiger partial charge in [-0.05, 0) is 89.7 Å². The van der Waals surface area contributed by atoms with E-state index in [1.165, 1.54) is 29.5 Å². The maximum atomic E-state index is 12.8. The topological polar surface area (TPSA) is 41.9 Å². The van der Waals surface area contributed by atoms with Crippen molar-refractivity contribution < 1.29 is 9.53 Å². The number of allylic oxidation sites excluding steroid dienone is 1. The van der Waals surface area contributed by atoms with Crippen molar-refractivity contribution >= 4 is 22.8 Å². The van der Waals surface area contributed by atoms with E-state index in [1.807, 2.05) is 0 Å². The lowest BCUT2D eigenvalue weighted by molar-refractivity contribution is -0.113. The molecule has 6 bridgehead atoms. The SMILES string of the molecule is O=C1N=C(N2CCC3(CC2)OCc2ccccc23)S/C1=C1/CC2C3CC4C2C4C13. The number of thioether (sulfide) groups is 1. The van der Waals surface area contributed by atoms with Crippen LogP contribution in [0.4, 0.5) is 0 Å². The van der Waals surface area contributed by atoms with E-state index in [9.17, 15) is 4.79 Å². The Kier molecular flexibility index (Phi) is 2.88. The van der Waals surface area contributed by atoms with Gasteiger partial charge >= 0.3 is 0 Å². The third-order valence-electron chi connectivity index (χ3n) is 9.35. The molecule has 0 aromatic heterocycles. The second kappa shape index (κ2) is 5.17. The summed E-state index contributed by atoms with van der Waals surface area (Å²) in [6.07, 6.45) is 4.59. The lowest BCUT2D eigenvalue weighted by Gasteiger charge is -2.39. The van der Waals surface area contributed by atoms with E-state index in [0.29, 0.717) is 0 Å². The Morgan fingerprint density at radius 1 is 1.10 bits per heavy atom. The van der Waals surface area contributed by atoms with Crippen LogP contribution in [-0.2, 0) is 21.7 Å². The van der Waals surface area contributed by atoms with Crippen LogP contribution >= 0.6 is 11.8 Å². The van der Waals surface area contributed by atoms with Crippen LogP contribution in [0.2, 0.25) is 0 Å². The van der Waals surface area contributed by atoms with Crippen molar-refractivity contribution in [2.75, 3.05) is 13.1 Å². The van der Waals surface area contributed by atoms with Crippen LogP contribution in [0.15, 0.2) is 39.7 Å². The van der Waals surface area contributed by atoms with Gasteiger partial charge in [-0.1, -0.05) is 24.3 Å². The molecular formula is C24H24N2O2S. The van der Waals surface area contributed by atoms with E-state index in [2.05, 4.69) is 34.2 Å². The highest BCUT2D eigenvalue weighted by Crippen LogP contribution is 2.82. The maximum absolute atomic E-state index is 12.8. The van der Waals surface area contributed by atoms with Crippen molar-refractivity contribution in [2.24, 2.45) is 40.5 Å². The molecule has 4 nitrogen and oxygen atoms in total. The summed E-state index contributed by atoms with van der Waals surface area (Å²) in [5.74, 6) is 5.59. The van der Waals surface area contributed by atoms with Gasteiger partial charge in [-0.25, -0.2) is 0 Å². The smallest absolute Gasteiger partial charge is 0.286 e. The van der Waals surface area contributed by atoms with Gasteiger partial charge in [0.1, 0.15) is 0 Å². The fourth-order valence-corrected chi connectivity index (χ4v) is 9.33. The second-order valence-corrected chi connectivity index (χ2v) is 11.2. The fourth-order valence-electron chi connectivity index (χ4n) is 8.23. The largest absolute Gasteiger partial charge is 0.365 e. The molecule has 8 aliphatic rings. The lowest BCUT2D eigenvalue weighted by atomic mass is 9.84. The van der Waals surface area contributed by atoms with Crippen LogP contribution in [0.3, 0.4) is 0 Å². The van der Waals surface area contributed by atoms with E-state index in [4.69, 9.17) is 4.74 Å². The number of rotatable bonds is 0. The van der Waals surface area contributed by atoms with E-state index in [-0.39, 0.29) is 11.5 Å². The quantitative estimate of drug-likeness (QED) is 0.615. The monoisotopic (exact) mass is 404 g/mol. The zero-order valence-corrected chi connectivity index (χ0v) is 17.2. The molecule has 0 N–H and O–H groups in total. The molecule has 5 saturated carbocycles. The average molecular weight is 405 g/mol. The molecule has 3 heterocycles. The molecule has 5 heteroatoms. The highest BCUT2D eigenvalue weighted by molar-refractivity contribution is 8.18. The summed E-state index contributed by atoms with van der Waals surface area (Å²) >= 11 is 1.69. The summed E-state index contributed by atoms with van der Waals surface area (Å²) in [5.41, 5.74) is 4.08. The van der Waals surface area contributed by atoms with Gasteiger partial charge in [0, 0.05) is 13.1 Å². The first-order valence-corrected chi connectivity index (χ1v) is 12.1. The Hall–Kier alpha value is -1.59. The number of likely N-dealkylation sites (tertiary alicyclic amines) is 1. The summed E-state index contributed by atoms with van der Waals surface area (Å²) in [6, 6.07) is 8.65. The van der Waals surface area contributed by atoms with Crippen LogP contribution < -0.4 is 0 Å². The zero-order valence-electron chi connectivity index (χ0n) is 16.3. The third kappa shape index (κ3) is 1.88. The average Bonchev–Trinajstić information content (AvgIpc) is 3.34. The highest BCUT2D eigenvalue weighted by Gasteiger charge is 2.77. The molecule has 6 unspecified atom stereocenters. The molecule has 1 amide bonds. The summed E-state index contributed by atoms with van der Waals surface area (Å²) in [5, 5.41) is 0.945. The number of ether oxygens (including phenoxy) is 1. The Morgan fingerprint density at radius 3 is 2.76 bits per heavy atom. The molecule has 6 fully saturated rings. The van der Waals surface area contributed by atoms with Crippen molar-refractivity contribution in [3.8, 4) is 0 Å². The van der Waals surface area contributed by atoms with E-state index in [1.54, 1.807) is 11.8 Å². The number of amidine groups is 1. The molecule has 148 valence electrons. The molecule has 9 rings (SSSR count). The molecule has 1 aromatic carbocycles. The first-order chi connectivity index (χ1) is 14.2. The Bertz CT molecular complexity index is 1040. The number of piperidine rings is 1. The second-order valence-electron chi connectivity index (χ2n) is 10.2. The van der Waals surface area contributed by atoms with Gasteiger partial charge in [0.15, 0.2) is 5.17 Å². The van der Waals surface area contributed by atoms with Gasteiger partial charge < -0.3 is 9.64 Å². The molecule has 3 aliphatic heterocycles. The number of hydrogen-bond acceptors (Lipinski definition) is 4. The van der Waals surface area contributed by atoms with Crippen LogP contribution in [0.25, 0.3) is 0 Å². The van der Waals surface area contributed by atoms with Crippen molar-refractivity contribution in [2.45, 2.75) is 37.9 Å². The number of hydrogen-bond donors (Lipinski definition) is 0. The first kappa shape index (κ1) is 16.1. The van der Waals surface area contributed by atoms with E-state index < -0.39 is 0 Å². The number of nitrogens with zero attached hydrogens (tertiary/aromatic N) is 2. The lowest BCUT2D eigenvalue weighted by Crippen LogP contribution is -2.44. The molecule has 6 atom stereocenters. The molecule has 1 aromatic rings. The van der Waals surface area contributed by atoms with Gasteiger partial charge in [-0.2, -0.15) is 4.99 Å². The molecule has 0 radical (unpaired) electrons. The van der Waals surface area contributed by atoms with Gasteiger partial charge in [0.2, 0.25) is 0 Å². The minimum Gasteiger partial charge on any atom is -0.365 e. The summed E-state index contributed by atoms with van der Waals surface area (Å²) in [7, 11) is 0. The number of amides is 1. The van der Waals surface area contributed by atoms with Crippen molar-refractivity contribution in [1.29, 1.82) is 0 Å². The molecular weight excluding hydrogens is 380 g/mol. The molecule has 1 spiro atoms. The van der Waals surface area contributed by atoms with Crippen LogP contribution in [0.1, 0.15) is 36.8 Å². The predicted octanol–water partition coefficient (Wildman–Crippen LogP) is 3.92. The Balaban J connectivity index is 1.03. The minimum absolute atomic E-state index is 0.0460. The fraction of sp³-hybridized carbons (Fsp3) is 0.583. The third-order valence-corrected chi connectivity index (χ3v) is 10.5. The van der Waals surface area contributed by atoms with Gasteiger partial charge in [0.05, 0.1) is 17.1 Å². The van der Waals surface area contributed by atoms with Crippen molar-refractivity contribution in [3.05, 3.63) is 45.9 Å². The van der Waals surface area contributed by atoms with Crippen LogP contribution in [-0.4, -0.2) is 29.1 Å². The molecule has 1 saturated heterocycles. The van der Waals surface area contributed by atoms with Crippen molar-refractivity contribution in [1.82, 2.24) is 4.90 Å². The first-order valence-electron chi connectivity index (χ1n) is 11.2. The van der Waals surface area contributed by atoms with Gasteiger partial charge in [-0.15, -0.1) is 0 Å². The van der Waals surface area contributed by atoms with Crippen LogP contribution in [0, 0.1) is 35.5 Å². The van der Waals surface area contributed by atoms with Gasteiger partial charge in [0.25, 0.3) is 5.91 Å². The van der Waals surface area contributed by atoms with Gasteiger partial charge in [-0.3, -0.25) is 4.79 Å². The normalized spacial score (nSPS) is 44.8. The number of benzene rings is 1. The minimum atomic E-state index is -0.130. The number of carbonyl (C=O) groups is 1. The van der Waals surface area contributed by atoms with E-state index >= 15 is 0 Å². The Morgan fingerprint density at radius 2 is 1.97 bits per heavy atom. The molecule has 5 aliphatic carbocycles. The Labute approximate surface area is 174 Å². The number of aliphatic imine (C=N–C) groups is 1. The zero-order chi connectivity index (χ0) is 18.9. The summed E-state index contributed by atoms with van der Waals surface area (Å²) in [4.78, 5) is 20.7.